The number of pyridine rings is 1. The number of nitrogen functional groups attached to an aromatic ring is 1. The van der Waals surface area contributed by atoms with Gasteiger partial charge in [0, 0.05) is 13.2 Å². The Hall–Kier alpha value is -2.60. The Bertz CT molecular complexity index is 616. The Morgan fingerprint density at radius 2 is 2.10 bits per heavy atom. The van der Waals surface area contributed by atoms with Crippen LogP contribution >= 0.6 is 0 Å². The van der Waals surface area contributed by atoms with E-state index in [4.69, 9.17) is 10.6 Å². The van der Waals surface area contributed by atoms with E-state index >= 15 is 0 Å². The van der Waals surface area contributed by atoms with Gasteiger partial charge in [-0.2, -0.15) is 0 Å². The lowest BCUT2D eigenvalue weighted by atomic mass is 10.2. The lowest BCUT2D eigenvalue weighted by Crippen LogP contribution is -2.27. The SMILES string of the molecule is COc1ccccc1N(C)C(=O)c1cc(NN)ccn1. The zero-order valence-corrected chi connectivity index (χ0v) is 11.3. The van der Waals surface area contributed by atoms with Gasteiger partial charge in [-0.25, -0.2) is 0 Å². The summed E-state index contributed by atoms with van der Waals surface area (Å²) >= 11 is 0. The van der Waals surface area contributed by atoms with Gasteiger partial charge in [-0.3, -0.25) is 15.6 Å². The molecule has 0 atom stereocenters. The van der Waals surface area contributed by atoms with Gasteiger partial charge in [0.2, 0.25) is 0 Å². The van der Waals surface area contributed by atoms with Gasteiger partial charge in [-0.15, -0.1) is 0 Å². The van der Waals surface area contributed by atoms with Gasteiger partial charge in [0.15, 0.2) is 0 Å². The Morgan fingerprint density at radius 3 is 2.80 bits per heavy atom. The number of rotatable bonds is 4. The van der Waals surface area contributed by atoms with E-state index in [9.17, 15) is 4.79 Å². The average Bonchev–Trinajstić information content (AvgIpc) is 2.53. The van der Waals surface area contributed by atoms with Crippen molar-refractivity contribution < 1.29 is 9.53 Å². The van der Waals surface area contributed by atoms with E-state index in [1.54, 1.807) is 32.4 Å². The summed E-state index contributed by atoms with van der Waals surface area (Å²) in [6, 6.07) is 10.6. The van der Waals surface area contributed by atoms with Crippen molar-refractivity contribution in [1.82, 2.24) is 4.98 Å². The molecule has 1 amide bonds. The molecule has 0 aliphatic rings. The molecule has 0 spiro atoms. The molecular weight excluding hydrogens is 256 g/mol. The summed E-state index contributed by atoms with van der Waals surface area (Å²) in [5.41, 5.74) is 4.08. The first-order chi connectivity index (χ1) is 9.67. The van der Waals surface area contributed by atoms with Gasteiger partial charge < -0.3 is 15.1 Å². The van der Waals surface area contributed by atoms with E-state index in [0.29, 0.717) is 22.8 Å². The Labute approximate surface area is 117 Å². The highest BCUT2D eigenvalue weighted by molar-refractivity contribution is 6.05. The third kappa shape index (κ3) is 2.70. The standard InChI is InChI=1S/C14H16N4O2/c1-18(12-5-3-4-6-13(12)20-2)14(19)11-9-10(17-15)7-8-16-11/h3-9H,15H2,1-2H3,(H,16,17). The van der Waals surface area contributed by atoms with Crippen molar-refractivity contribution in [2.24, 2.45) is 5.84 Å². The first-order valence-electron chi connectivity index (χ1n) is 6.01. The number of methoxy groups -OCH3 is 1. The van der Waals surface area contributed by atoms with Crippen LogP contribution in [0.15, 0.2) is 42.6 Å². The monoisotopic (exact) mass is 272 g/mol. The highest BCUT2D eigenvalue weighted by Crippen LogP contribution is 2.27. The summed E-state index contributed by atoms with van der Waals surface area (Å²) in [6.45, 7) is 0. The third-order valence-electron chi connectivity index (χ3n) is 2.90. The van der Waals surface area contributed by atoms with Crippen molar-refractivity contribution in [3.05, 3.63) is 48.3 Å². The molecule has 0 aliphatic carbocycles. The number of ether oxygens (including phenoxy) is 1. The molecule has 6 heteroatoms. The van der Waals surface area contributed by atoms with Crippen LogP contribution in [0.5, 0.6) is 5.75 Å². The summed E-state index contributed by atoms with van der Waals surface area (Å²) in [4.78, 5) is 18.0. The lowest BCUT2D eigenvalue weighted by molar-refractivity contribution is 0.0987. The molecule has 2 aromatic rings. The molecule has 6 nitrogen and oxygen atoms in total. The van der Waals surface area contributed by atoms with Gasteiger partial charge in [0.1, 0.15) is 11.4 Å². The maximum atomic E-state index is 12.4. The zero-order chi connectivity index (χ0) is 14.5. The van der Waals surface area contributed by atoms with Crippen LogP contribution in [-0.2, 0) is 0 Å². The first-order valence-corrected chi connectivity index (χ1v) is 6.01. The van der Waals surface area contributed by atoms with Crippen LogP contribution in [0.2, 0.25) is 0 Å². The highest BCUT2D eigenvalue weighted by atomic mass is 16.5. The number of carbonyl (C=O) groups is 1. The van der Waals surface area contributed by atoms with Crippen molar-refractivity contribution in [3.63, 3.8) is 0 Å². The van der Waals surface area contributed by atoms with Crippen molar-refractivity contribution in [3.8, 4) is 5.75 Å². The summed E-state index contributed by atoms with van der Waals surface area (Å²) < 4.78 is 5.25. The number of nitrogens with one attached hydrogen (secondary N) is 1. The number of hydrogen-bond acceptors (Lipinski definition) is 5. The summed E-state index contributed by atoms with van der Waals surface area (Å²) in [7, 11) is 3.23. The number of benzene rings is 1. The maximum absolute atomic E-state index is 12.4. The summed E-state index contributed by atoms with van der Waals surface area (Å²) in [5, 5.41) is 0. The van der Waals surface area contributed by atoms with Crippen molar-refractivity contribution in [2.45, 2.75) is 0 Å². The smallest absolute Gasteiger partial charge is 0.276 e. The number of nitrogens with zero attached hydrogens (tertiary/aromatic N) is 2. The molecule has 20 heavy (non-hydrogen) atoms. The molecule has 0 radical (unpaired) electrons. The Morgan fingerprint density at radius 1 is 1.35 bits per heavy atom. The lowest BCUT2D eigenvalue weighted by Gasteiger charge is -2.19. The van der Waals surface area contributed by atoms with E-state index < -0.39 is 0 Å². The second kappa shape index (κ2) is 6.03. The molecule has 3 N–H and O–H groups in total. The van der Waals surface area contributed by atoms with E-state index in [2.05, 4.69) is 10.4 Å². The van der Waals surface area contributed by atoms with Crippen LogP contribution < -0.4 is 20.9 Å². The van der Waals surface area contributed by atoms with Gasteiger partial charge in [-0.05, 0) is 24.3 Å². The van der Waals surface area contributed by atoms with E-state index in [0.717, 1.165) is 0 Å². The van der Waals surface area contributed by atoms with Crippen molar-refractivity contribution in [1.29, 1.82) is 0 Å². The molecular formula is C14H16N4O2. The fourth-order valence-electron chi connectivity index (χ4n) is 1.83. The second-order valence-electron chi connectivity index (χ2n) is 4.11. The quantitative estimate of drug-likeness (QED) is 0.653. The predicted molar refractivity (Wildman–Crippen MR) is 77.8 cm³/mol. The topological polar surface area (TPSA) is 80.5 Å². The van der Waals surface area contributed by atoms with Crippen LogP contribution in [0.1, 0.15) is 10.5 Å². The Kier molecular flexibility index (Phi) is 4.17. The van der Waals surface area contributed by atoms with Crippen molar-refractivity contribution in [2.75, 3.05) is 24.5 Å². The highest BCUT2D eigenvalue weighted by Gasteiger charge is 2.18. The maximum Gasteiger partial charge on any atom is 0.276 e. The predicted octanol–water partition coefficient (Wildman–Crippen LogP) is 1.65. The van der Waals surface area contributed by atoms with E-state index in [1.165, 1.54) is 11.1 Å². The molecule has 1 aromatic carbocycles. The van der Waals surface area contributed by atoms with Crippen LogP contribution in [-0.4, -0.2) is 25.0 Å². The number of amides is 1. The largest absolute Gasteiger partial charge is 0.495 e. The zero-order valence-electron chi connectivity index (χ0n) is 11.3. The van der Waals surface area contributed by atoms with Crippen LogP contribution in [0.3, 0.4) is 0 Å². The molecule has 1 aromatic heterocycles. The molecule has 0 bridgehead atoms. The first kappa shape index (κ1) is 13.8. The number of aromatic nitrogens is 1. The fraction of sp³-hybridized carbons (Fsp3) is 0.143. The number of para-hydroxylation sites is 2. The minimum absolute atomic E-state index is 0.244. The number of hydrogen-bond donors (Lipinski definition) is 2. The molecule has 104 valence electrons. The minimum atomic E-state index is -0.244. The Balaban J connectivity index is 2.32. The molecule has 0 aliphatic heterocycles. The fourth-order valence-corrected chi connectivity index (χ4v) is 1.83. The van der Waals surface area contributed by atoms with Gasteiger partial charge in [0.25, 0.3) is 5.91 Å². The molecule has 0 fully saturated rings. The number of nitrogens with two attached hydrogens (primary N) is 1. The summed E-state index contributed by atoms with van der Waals surface area (Å²) in [5.74, 6) is 5.71. The normalized spacial score (nSPS) is 9.95. The van der Waals surface area contributed by atoms with E-state index in [1.807, 2.05) is 18.2 Å². The molecule has 2 rings (SSSR count). The van der Waals surface area contributed by atoms with Gasteiger partial charge in [0.05, 0.1) is 18.5 Å². The molecule has 0 saturated heterocycles. The molecule has 0 saturated carbocycles. The number of anilines is 2. The second-order valence-corrected chi connectivity index (χ2v) is 4.11. The van der Waals surface area contributed by atoms with Crippen molar-refractivity contribution >= 4 is 17.3 Å². The van der Waals surface area contributed by atoms with Crippen LogP contribution in [0.25, 0.3) is 0 Å². The van der Waals surface area contributed by atoms with Gasteiger partial charge in [-0.1, -0.05) is 12.1 Å². The minimum Gasteiger partial charge on any atom is -0.495 e. The third-order valence-corrected chi connectivity index (χ3v) is 2.90. The molecule has 1 heterocycles. The number of hydrazine groups is 1. The van der Waals surface area contributed by atoms with Crippen LogP contribution in [0.4, 0.5) is 11.4 Å². The van der Waals surface area contributed by atoms with Crippen LogP contribution in [0, 0.1) is 0 Å². The van der Waals surface area contributed by atoms with Gasteiger partial charge >= 0.3 is 0 Å². The number of carbonyl (C=O) groups excluding carboxylic acids is 1. The summed E-state index contributed by atoms with van der Waals surface area (Å²) in [6.07, 6.45) is 1.53. The average molecular weight is 272 g/mol. The van der Waals surface area contributed by atoms with E-state index in [-0.39, 0.29) is 5.91 Å². The molecule has 0 unspecified atom stereocenters.